The minimum absolute atomic E-state index is 0.500. The van der Waals surface area contributed by atoms with E-state index in [9.17, 15) is 0 Å². The molecule has 1 heterocycles. The highest BCUT2D eigenvalue weighted by Crippen LogP contribution is 2.40. The molecule has 1 saturated heterocycles. The molecule has 3 rings (SSSR count). The average Bonchev–Trinajstić information content (AvgIpc) is 2.76. The Bertz CT molecular complexity index is 411. The van der Waals surface area contributed by atoms with Gasteiger partial charge < -0.3 is 10.1 Å². The predicted molar refractivity (Wildman–Crippen MR) is 60.9 cm³/mol. The van der Waals surface area contributed by atoms with Crippen molar-refractivity contribution in [3.05, 3.63) is 35.4 Å². The lowest BCUT2D eigenvalue weighted by molar-refractivity contribution is 0.411. The number of fused-ring (bicyclic) bond motifs is 3. The average molecular weight is 201 g/mol. The number of benzene rings is 1. The molecule has 0 saturated carbocycles. The fraction of sp³-hybridized carbons (Fsp3) is 0.385. The van der Waals surface area contributed by atoms with E-state index in [2.05, 4.69) is 29.6 Å². The number of methoxy groups -OCH3 is 1. The first-order valence-corrected chi connectivity index (χ1v) is 5.48. The second kappa shape index (κ2) is 3.38. The van der Waals surface area contributed by atoms with E-state index in [-0.39, 0.29) is 0 Å². The SMILES string of the molecule is COc1cccc2c1C=C[C@@H]1CCN[C@H]21. The van der Waals surface area contributed by atoms with Crippen LogP contribution in [-0.2, 0) is 0 Å². The third-order valence-corrected chi connectivity index (χ3v) is 3.43. The molecule has 0 aromatic heterocycles. The van der Waals surface area contributed by atoms with Crippen molar-refractivity contribution in [2.45, 2.75) is 12.5 Å². The van der Waals surface area contributed by atoms with Gasteiger partial charge in [0.2, 0.25) is 0 Å². The number of hydrogen-bond donors (Lipinski definition) is 1. The first-order valence-electron chi connectivity index (χ1n) is 5.48. The molecular weight excluding hydrogens is 186 g/mol. The fourth-order valence-corrected chi connectivity index (χ4v) is 2.68. The summed E-state index contributed by atoms with van der Waals surface area (Å²) in [5.74, 6) is 1.65. The molecule has 1 aliphatic heterocycles. The summed E-state index contributed by atoms with van der Waals surface area (Å²) in [5.41, 5.74) is 2.63. The molecule has 2 aliphatic rings. The van der Waals surface area contributed by atoms with Gasteiger partial charge in [-0.05, 0) is 30.5 Å². The zero-order valence-electron chi connectivity index (χ0n) is 8.86. The molecule has 0 radical (unpaired) electrons. The molecule has 0 spiro atoms. The van der Waals surface area contributed by atoms with Gasteiger partial charge in [-0.25, -0.2) is 0 Å². The highest BCUT2D eigenvalue weighted by atomic mass is 16.5. The van der Waals surface area contributed by atoms with Gasteiger partial charge >= 0.3 is 0 Å². The van der Waals surface area contributed by atoms with E-state index in [0.29, 0.717) is 12.0 Å². The summed E-state index contributed by atoms with van der Waals surface area (Å²) in [4.78, 5) is 0. The van der Waals surface area contributed by atoms with Gasteiger partial charge in [0.1, 0.15) is 5.75 Å². The van der Waals surface area contributed by atoms with Crippen molar-refractivity contribution in [2.24, 2.45) is 5.92 Å². The predicted octanol–water partition coefficient (Wildman–Crippen LogP) is 2.37. The molecule has 1 N–H and O–H groups in total. The Labute approximate surface area is 89.9 Å². The van der Waals surface area contributed by atoms with E-state index in [1.807, 2.05) is 6.07 Å². The summed E-state index contributed by atoms with van der Waals surface area (Å²) in [6.45, 7) is 1.12. The van der Waals surface area contributed by atoms with Crippen molar-refractivity contribution in [1.82, 2.24) is 5.32 Å². The largest absolute Gasteiger partial charge is 0.496 e. The molecule has 78 valence electrons. The minimum Gasteiger partial charge on any atom is -0.496 e. The van der Waals surface area contributed by atoms with Gasteiger partial charge in [0.25, 0.3) is 0 Å². The van der Waals surface area contributed by atoms with Gasteiger partial charge in [-0.15, -0.1) is 0 Å². The van der Waals surface area contributed by atoms with Crippen LogP contribution in [0.1, 0.15) is 23.6 Å². The lowest BCUT2D eigenvalue weighted by Gasteiger charge is -2.24. The Balaban J connectivity index is 2.13. The van der Waals surface area contributed by atoms with Crippen LogP contribution >= 0.6 is 0 Å². The van der Waals surface area contributed by atoms with E-state index in [1.165, 1.54) is 17.5 Å². The van der Waals surface area contributed by atoms with Gasteiger partial charge in [-0.1, -0.05) is 24.3 Å². The first kappa shape index (κ1) is 8.98. The van der Waals surface area contributed by atoms with Gasteiger partial charge in [0.05, 0.1) is 7.11 Å². The molecule has 2 nitrogen and oxygen atoms in total. The molecular formula is C13H15NO. The normalized spacial score (nSPS) is 27.3. The van der Waals surface area contributed by atoms with Crippen LogP contribution in [0.3, 0.4) is 0 Å². The first-order chi connectivity index (χ1) is 7.40. The van der Waals surface area contributed by atoms with E-state index < -0.39 is 0 Å². The van der Waals surface area contributed by atoms with Crippen molar-refractivity contribution < 1.29 is 4.74 Å². The van der Waals surface area contributed by atoms with Crippen LogP contribution in [0, 0.1) is 5.92 Å². The molecule has 1 aliphatic carbocycles. The zero-order valence-corrected chi connectivity index (χ0v) is 8.86. The molecule has 2 heteroatoms. The van der Waals surface area contributed by atoms with Crippen LogP contribution in [0.15, 0.2) is 24.3 Å². The van der Waals surface area contributed by atoms with E-state index >= 15 is 0 Å². The van der Waals surface area contributed by atoms with Crippen LogP contribution in [0.5, 0.6) is 5.75 Å². The topological polar surface area (TPSA) is 21.3 Å². The fourth-order valence-electron chi connectivity index (χ4n) is 2.68. The van der Waals surface area contributed by atoms with Gasteiger partial charge in [-0.3, -0.25) is 0 Å². The van der Waals surface area contributed by atoms with Crippen LogP contribution in [-0.4, -0.2) is 13.7 Å². The van der Waals surface area contributed by atoms with Crippen molar-refractivity contribution >= 4 is 6.08 Å². The summed E-state index contributed by atoms with van der Waals surface area (Å²) in [5, 5.41) is 3.56. The second-order valence-corrected chi connectivity index (χ2v) is 4.21. The molecule has 15 heavy (non-hydrogen) atoms. The van der Waals surface area contributed by atoms with Crippen LogP contribution in [0.2, 0.25) is 0 Å². The standard InChI is InChI=1S/C13H15NO/c1-15-12-4-2-3-11-10(12)6-5-9-7-8-14-13(9)11/h2-6,9,13-14H,7-8H2,1H3/t9-,13+/m1/s1. The third kappa shape index (κ3) is 1.29. The van der Waals surface area contributed by atoms with Crippen LogP contribution < -0.4 is 10.1 Å². The molecule has 0 unspecified atom stereocenters. The Morgan fingerprint density at radius 1 is 1.40 bits per heavy atom. The summed E-state index contributed by atoms with van der Waals surface area (Å²) < 4.78 is 5.38. The van der Waals surface area contributed by atoms with E-state index in [1.54, 1.807) is 7.11 Å². The van der Waals surface area contributed by atoms with Crippen molar-refractivity contribution in [3.63, 3.8) is 0 Å². The van der Waals surface area contributed by atoms with Crippen LogP contribution in [0.25, 0.3) is 6.08 Å². The molecule has 1 fully saturated rings. The summed E-state index contributed by atoms with van der Waals surface area (Å²) in [6, 6.07) is 6.81. The Kier molecular flexibility index (Phi) is 2.03. The summed E-state index contributed by atoms with van der Waals surface area (Å²) >= 11 is 0. The molecule has 0 amide bonds. The monoisotopic (exact) mass is 201 g/mol. The second-order valence-electron chi connectivity index (χ2n) is 4.21. The molecule has 0 bridgehead atoms. The van der Waals surface area contributed by atoms with Gasteiger partial charge in [-0.2, -0.15) is 0 Å². The third-order valence-electron chi connectivity index (χ3n) is 3.43. The Morgan fingerprint density at radius 3 is 3.20 bits per heavy atom. The zero-order chi connectivity index (χ0) is 10.3. The maximum Gasteiger partial charge on any atom is 0.126 e. The number of ether oxygens (including phenoxy) is 1. The Hall–Kier alpha value is -1.28. The quantitative estimate of drug-likeness (QED) is 0.753. The maximum atomic E-state index is 5.38. The molecule has 1 aromatic rings. The van der Waals surface area contributed by atoms with E-state index in [0.717, 1.165) is 12.3 Å². The number of rotatable bonds is 1. The highest BCUT2D eigenvalue weighted by Gasteiger charge is 2.30. The summed E-state index contributed by atoms with van der Waals surface area (Å²) in [6.07, 6.45) is 5.77. The smallest absolute Gasteiger partial charge is 0.126 e. The van der Waals surface area contributed by atoms with Crippen LogP contribution in [0.4, 0.5) is 0 Å². The minimum atomic E-state index is 0.500. The summed E-state index contributed by atoms with van der Waals surface area (Å²) in [7, 11) is 1.73. The van der Waals surface area contributed by atoms with Crippen molar-refractivity contribution in [1.29, 1.82) is 0 Å². The van der Waals surface area contributed by atoms with Crippen molar-refractivity contribution in [3.8, 4) is 5.75 Å². The number of hydrogen-bond acceptors (Lipinski definition) is 2. The molecule has 1 aromatic carbocycles. The van der Waals surface area contributed by atoms with Gasteiger partial charge in [0, 0.05) is 11.6 Å². The molecule has 2 atom stereocenters. The Morgan fingerprint density at radius 2 is 2.33 bits per heavy atom. The van der Waals surface area contributed by atoms with E-state index in [4.69, 9.17) is 4.74 Å². The lowest BCUT2D eigenvalue weighted by atomic mass is 9.85. The lowest BCUT2D eigenvalue weighted by Crippen LogP contribution is -2.20. The van der Waals surface area contributed by atoms with Crippen molar-refractivity contribution in [2.75, 3.05) is 13.7 Å². The van der Waals surface area contributed by atoms with Gasteiger partial charge in [0.15, 0.2) is 0 Å². The highest BCUT2D eigenvalue weighted by molar-refractivity contribution is 5.65. The number of nitrogens with one attached hydrogen (secondary N) is 1. The maximum absolute atomic E-state index is 5.38.